The van der Waals surface area contributed by atoms with Crippen LogP contribution in [-0.4, -0.2) is 40.6 Å². The number of ether oxygens (including phenoxy) is 2. The van der Waals surface area contributed by atoms with Crippen LogP contribution in [0.5, 0.6) is 0 Å². The summed E-state index contributed by atoms with van der Waals surface area (Å²) in [7, 11) is -2.68. The molecule has 1 aromatic rings. The van der Waals surface area contributed by atoms with Crippen LogP contribution in [0, 0.1) is 11.8 Å². The summed E-state index contributed by atoms with van der Waals surface area (Å²) in [4.78, 5) is 0. The maximum absolute atomic E-state index is 5.74. The van der Waals surface area contributed by atoms with E-state index in [9.17, 15) is 0 Å². The zero-order chi connectivity index (χ0) is 20.9. The Kier molecular flexibility index (Phi) is 5.83. The van der Waals surface area contributed by atoms with Gasteiger partial charge in [-0.3, -0.25) is 0 Å². The zero-order valence-electron chi connectivity index (χ0n) is 19.7. The second-order valence-corrected chi connectivity index (χ2v) is 21.9. The number of benzene rings is 1. The Hall–Kier alpha value is -0.426. The topological polar surface area (TPSA) is 25.1 Å². The van der Waals surface area contributed by atoms with E-state index in [0.29, 0.717) is 24.4 Å². The molecule has 0 spiro atoms. The Morgan fingerprint density at radius 2 is 1.03 bits per heavy atom. The molecule has 6 atom stereocenters. The molecule has 30 heavy (non-hydrogen) atoms. The molecule has 0 radical (unpaired) electrons. The number of epoxide rings is 2. The molecule has 1 aromatic carbocycles. The van der Waals surface area contributed by atoms with Gasteiger partial charge in [-0.2, -0.15) is 0 Å². The minimum atomic E-state index is -1.34. The van der Waals surface area contributed by atoms with Gasteiger partial charge in [-0.1, -0.05) is 85.8 Å². The molecule has 0 aromatic heterocycles. The van der Waals surface area contributed by atoms with Crippen LogP contribution in [0.4, 0.5) is 0 Å². The van der Waals surface area contributed by atoms with Crippen molar-refractivity contribution in [3.63, 3.8) is 0 Å². The summed E-state index contributed by atoms with van der Waals surface area (Å²) >= 11 is 0. The minimum Gasteiger partial charge on any atom is -0.370 e. The number of fused-ring (bicyclic) bond motifs is 2. The van der Waals surface area contributed by atoms with E-state index in [-0.39, 0.29) is 0 Å². The van der Waals surface area contributed by atoms with Crippen molar-refractivity contribution in [3.05, 3.63) is 24.3 Å². The van der Waals surface area contributed by atoms with E-state index in [1.54, 1.807) is 10.4 Å². The number of rotatable bonds is 8. The van der Waals surface area contributed by atoms with E-state index in [1.807, 2.05) is 0 Å². The monoisotopic (exact) mass is 442 g/mol. The maximum Gasteiger partial charge on any atom is 0.0844 e. The lowest BCUT2D eigenvalue weighted by atomic mass is 9.87. The molecule has 4 heteroatoms. The highest BCUT2D eigenvalue weighted by Crippen LogP contribution is 2.42. The molecular formula is C26H42O2Si2. The van der Waals surface area contributed by atoms with Gasteiger partial charge in [0.1, 0.15) is 0 Å². The quantitative estimate of drug-likeness (QED) is 0.396. The Morgan fingerprint density at radius 1 is 0.633 bits per heavy atom. The Balaban J connectivity index is 1.14. The van der Waals surface area contributed by atoms with Crippen LogP contribution in [0.2, 0.25) is 38.3 Å². The van der Waals surface area contributed by atoms with Crippen LogP contribution in [0.15, 0.2) is 24.3 Å². The average molecular weight is 443 g/mol. The molecule has 0 bridgehead atoms. The fourth-order valence-corrected chi connectivity index (χ4v) is 11.3. The summed E-state index contributed by atoms with van der Waals surface area (Å²) < 4.78 is 11.5. The van der Waals surface area contributed by atoms with Crippen molar-refractivity contribution in [3.8, 4) is 0 Å². The van der Waals surface area contributed by atoms with Crippen molar-refractivity contribution >= 4 is 26.5 Å². The van der Waals surface area contributed by atoms with Crippen LogP contribution < -0.4 is 10.4 Å². The van der Waals surface area contributed by atoms with E-state index in [4.69, 9.17) is 9.47 Å². The van der Waals surface area contributed by atoms with Crippen molar-refractivity contribution in [2.45, 2.75) is 114 Å². The van der Waals surface area contributed by atoms with Crippen LogP contribution in [0.25, 0.3) is 0 Å². The molecule has 2 heterocycles. The molecule has 0 N–H and O–H groups in total. The molecule has 5 rings (SSSR count). The molecule has 0 amide bonds. The van der Waals surface area contributed by atoms with Gasteiger partial charge in [0.2, 0.25) is 0 Å². The molecule has 2 nitrogen and oxygen atoms in total. The summed E-state index contributed by atoms with van der Waals surface area (Å²) in [6.07, 6.45) is 13.5. The van der Waals surface area contributed by atoms with Crippen molar-refractivity contribution in [2.75, 3.05) is 0 Å². The first-order valence-electron chi connectivity index (χ1n) is 12.7. The first kappa shape index (κ1) is 21.4. The largest absolute Gasteiger partial charge is 0.370 e. The molecule has 166 valence electrons. The van der Waals surface area contributed by atoms with Crippen molar-refractivity contribution < 1.29 is 9.47 Å². The zero-order valence-corrected chi connectivity index (χ0v) is 21.7. The summed E-state index contributed by atoms with van der Waals surface area (Å²) in [6.45, 7) is 10.3. The fourth-order valence-electron chi connectivity index (χ4n) is 6.29. The van der Waals surface area contributed by atoms with Crippen molar-refractivity contribution in [1.82, 2.24) is 0 Å². The Morgan fingerprint density at radius 3 is 1.40 bits per heavy atom. The highest BCUT2D eigenvalue weighted by Gasteiger charge is 2.44. The number of hydrogen-bond donors (Lipinski definition) is 0. The first-order chi connectivity index (χ1) is 14.3. The highest BCUT2D eigenvalue weighted by molar-refractivity contribution is 6.91. The van der Waals surface area contributed by atoms with E-state index >= 15 is 0 Å². The number of hydrogen-bond acceptors (Lipinski definition) is 2. The first-order valence-corrected chi connectivity index (χ1v) is 19.1. The van der Waals surface area contributed by atoms with Gasteiger partial charge >= 0.3 is 0 Å². The van der Waals surface area contributed by atoms with Gasteiger partial charge in [0, 0.05) is 0 Å². The highest BCUT2D eigenvalue weighted by atomic mass is 28.3. The fraction of sp³-hybridized carbons (Fsp3) is 0.769. The molecule has 2 saturated heterocycles. The molecule has 2 saturated carbocycles. The molecule has 4 aliphatic rings. The third-order valence-electron chi connectivity index (χ3n) is 9.03. The van der Waals surface area contributed by atoms with Crippen molar-refractivity contribution in [1.29, 1.82) is 0 Å². The average Bonchev–Trinajstić information content (AvgIpc) is 3.65. The van der Waals surface area contributed by atoms with E-state index in [0.717, 1.165) is 11.8 Å². The van der Waals surface area contributed by atoms with Gasteiger partial charge in [-0.05, 0) is 50.4 Å². The summed E-state index contributed by atoms with van der Waals surface area (Å²) in [6, 6.07) is 12.9. The Bertz CT molecular complexity index is 681. The summed E-state index contributed by atoms with van der Waals surface area (Å²) in [5.74, 6) is 1.84. The normalized spacial score (nSPS) is 35.5. The maximum atomic E-state index is 5.74. The van der Waals surface area contributed by atoms with Gasteiger partial charge in [-0.15, -0.1) is 0 Å². The third-order valence-corrected chi connectivity index (χ3v) is 15.9. The van der Waals surface area contributed by atoms with E-state index in [1.165, 1.54) is 63.5 Å². The lowest BCUT2D eigenvalue weighted by molar-refractivity contribution is 0.357. The standard InChI is InChI=1S/C26H42O2Si2/c1-29(2,15-13-19-5-11-23-25(17-19)27-23)21-7-9-22(10-8-21)30(3,4)16-14-20-6-12-24-26(18-20)28-24/h7-10,19-20,23-26H,5-6,11-18H2,1-4H3. The van der Waals surface area contributed by atoms with Crippen LogP contribution in [-0.2, 0) is 9.47 Å². The van der Waals surface area contributed by atoms with Gasteiger partial charge in [0.15, 0.2) is 0 Å². The van der Waals surface area contributed by atoms with Crippen LogP contribution in [0.1, 0.15) is 51.4 Å². The predicted octanol–water partition coefficient (Wildman–Crippen LogP) is 5.43. The second-order valence-electron chi connectivity index (χ2n) is 12.2. The Labute approximate surface area is 186 Å². The second kappa shape index (κ2) is 8.17. The minimum absolute atomic E-state index is 0.631. The molecular weight excluding hydrogens is 400 g/mol. The summed E-state index contributed by atoms with van der Waals surface area (Å²) in [5, 5.41) is 3.33. The molecule has 2 aliphatic carbocycles. The molecule has 4 fully saturated rings. The van der Waals surface area contributed by atoms with Gasteiger partial charge in [-0.25, -0.2) is 0 Å². The van der Waals surface area contributed by atoms with E-state index < -0.39 is 16.1 Å². The van der Waals surface area contributed by atoms with Gasteiger partial charge in [0.05, 0.1) is 40.6 Å². The predicted molar refractivity (Wildman–Crippen MR) is 132 cm³/mol. The van der Waals surface area contributed by atoms with Gasteiger partial charge in [0.25, 0.3) is 0 Å². The lowest BCUT2D eigenvalue weighted by Crippen LogP contribution is -2.45. The third kappa shape index (κ3) is 4.82. The van der Waals surface area contributed by atoms with Crippen molar-refractivity contribution in [2.24, 2.45) is 11.8 Å². The molecule has 2 aliphatic heterocycles. The van der Waals surface area contributed by atoms with Crippen LogP contribution in [0.3, 0.4) is 0 Å². The molecule has 6 unspecified atom stereocenters. The SMILES string of the molecule is C[Si](C)(CCC1CCC2OC2C1)c1ccc([Si](C)(C)CCC2CCC3OC3C2)cc1. The van der Waals surface area contributed by atoms with Gasteiger partial charge < -0.3 is 9.47 Å². The summed E-state index contributed by atoms with van der Waals surface area (Å²) in [5.41, 5.74) is 0. The van der Waals surface area contributed by atoms with Crippen LogP contribution >= 0.6 is 0 Å². The lowest BCUT2D eigenvalue weighted by Gasteiger charge is -2.29. The van der Waals surface area contributed by atoms with E-state index in [2.05, 4.69) is 50.5 Å². The smallest absolute Gasteiger partial charge is 0.0844 e.